The van der Waals surface area contributed by atoms with Crippen molar-refractivity contribution in [2.24, 2.45) is 0 Å². The third-order valence-electron chi connectivity index (χ3n) is 3.87. The molecule has 5 heteroatoms. The van der Waals surface area contributed by atoms with E-state index in [1.165, 1.54) is 0 Å². The van der Waals surface area contributed by atoms with E-state index in [-0.39, 0.29) is 5.97 Å². The van der Waals surface area contributed by atoms with Crippen LogP contribution in [-0.4, -0.2) is 29.2 Å². The van der Waals surface area contributed by atoms with Crippen molar-refractivity contribution in [2.45, 2.75) is 26.2 Å². The number of para-hydroxylation sites is 2. The van der Waals surface area contributed by atoms with E-state index in [9.17, 15) is 4.79 Å². The summed E-state index contributed by atoms with van der Waals surface area (Å²) < 4.78 is 10.6. The maximum absolute atomic E-state index is 11.2. The molecule has 0 bridgehead atoms. The number of rotatable bonds is 8. The zero-order valence-corrected chi connectivity index (χ0v) is 14.3. The molecule has 3 rings (SSSR count). The topological polar surface area (TPSA) is 64.2 Å². The highest BCUT2D eigenvalue weighted by molar-refractivity contribution is 5.79. The number of nitrogens with zero attached hydrogens (tertiary/aromatic N) is 1. The van der Waals surface area contributed by atoms with Gasteiger partial charge in [-0.05, 0) is 56.2 Å². The highest BCUT2D eigenvalue weighted by Gasteiger charge is 2.05. The number of hydrogen-bond donors (Lipinski definition) is 1. The van der Waals surface area contributed by atoms with Crippen LogP contribution in [0.3, 0.4) is 0 Å². The van der Waals surface area contributed by atoms with Gasteiger partial charge in [-0.2, -0.15) is 0 Å². The number of imidazole rings is 1. The Morgan fingerprint density at radius 2 is 1.88 bits per heavy atom. The number of nitrogens with one attached hydrogen (secondary N) is 1. The van der Waals surface area contributed by atoms with Gasteiger partial charge in [-0.3, -0.25) is 4.79 Å². The zero-order valence-electron chi connectivity index (χ0n) is 14.3. The molecular weight excluding hydrogens is 316 g/mol. The standard InChI is InChI=1S/C20H22N2O3/c1-2-24-19(23)9-5-6-14-25-16-12-10-15(11-13-16)20-21-17-7-3-4-8-18(17)22-20/h3-4,7-8,10-13H,2,5-6,9,14H2,1H3,(H,21,22). The van der Waals surface area contributed by atoms with Crippen molar-refractivity contribution < 1.29 is 14.3 Å². The molecule has 0 atom stereocenters. The molecule has 2 aromatic carbocycles. The summed E-state index contributed by atoms with van der Waals surface area (Å²) in [5, 5.41) is 0. The normalized spacial score (nSPS) is 10.8. The lowest BCUT2D eigenvalue weighted by Crippen LogP contribution is -2.05. The fourth-order valence-electron chi connectivity index (χ4n) is 2.59. The van der Waals surface area contributed by atoms with Gasteiger partial charge in [-0.15, -0.1) is 0 Å². The van der Waals surface area contributed by atoms with E-state index in [0.717, 1.165) is 41.0 Å². The summed E-state index contributed by atoms with van der Waals surface area (Å²) in [7, 11) is 0. The number of carbonyl (C=O) groups is 1. The first-order valence-electron chi connectivity index (χ1n) is 8.60. The summed E-state index contributed by atoms with van der Waals surface area (Å²) in [6, 6.07) is 15.8. The van der Waals surface area contributed by atoms with Crippen LogP contribution in [0, 0.1) is 0 Å². The Kier molecular flexibility index (Phi) is 5.67. The first kappa shape index (κ1) is 17.0. The number of fused-ring (bicyclic) bond motifs is 1. The van der Waals surface area contributed by atoms with E-state index >= 15 is 0 Å². The SMILES string of the molecule is CCOC(=O)CCCCOc1ccc(-c2nc3ccccc3[nH]2)cc1. The van der Waals surface area contributed by atoms with Crippen LogP contribution in [0.25, 0.3) is 22.4 Å². The number of benzene rings is 2. The highest BCUT2D eigenvalue weighted by Crippen LogP contribution is 2.22. The number of H-pyrrole nitrogens is 1. The molecule has 3 aromatic rings. The van der Waals surface area contributed by atoms with Crippen LogP contribution in [0.1, 0.15) is 26.2 Å². The van der Waals surface area contributed by atoms with Crippen molar-refractivity contribution >= 4 is 17.0 Å². The number of unbranched alkanes of at least 4 members (excludes halogenated alkanes) is 1. The molecule has 130 valence electrons. The lowest BCUT2D eigenvalue weighted by atomic mass is 10.2. The van der Waals surface area contributed by atoms with Gasteiger partial charge in [0.25, 0.3) is 0 Å². The van der Waals surface area contributed by atoms with Gasteiger partial charge in [0.05, 0.1) is 24.2 Å². The summed E-state index contributed by atoms with van der Waals surface area (Å²) in [6.45, 7) is 2.84. The van der Waals surface area contributed by atoms with Crippen molar-refractivity contribution in [1.82, 2.24) is 9.97 Å². The van der Waals surface area contributed by atoms with E-state index in [0.29, 0.717) is 19.6 Å². The van der Waals surface area contributed by atoms with E-state index in [1.807, 2.05) is 55.5 Å². The van der Waals surface area contributed by atoms with Crippen molar-refractivity contribution in [2.75, 3.05) is 13.2 Å². The van der Waals surface area contributed by atoms with Gasteiger partial charge in [0, 0.05) is 12.0 Å². The first-order valence-corrected chi connectivity index (χ1v) is 8.60. The van der Waals surface area contributed by atoms with Gasteiger partial charge in [0.15, 0.2) is 0 Å². The summed E-state index contributed by atoms with van der Waals surface area (Å²) in [5.41, 5.74) is 3.00. The first-order chi connectivity index (χ1) is 12.3. The summed E-state index contributed by atoms with van der Waals surface area (Å²) in [6.07, 6.45) is 2.04. The molecule has 5 nitrogen and oxygen atoms in total. The third-order valence-corrected chi connectivity index (χ3v) is 3.87. The van der Waals surface area contributed by atoms with Crippen LogP contribution in [0.2, 0.25) is 0 Å². The van der Waals surface area contributed by atoms with Crippen molar-refractivity contribution in [1.29, 1.82) is 0 Å². The monoisotopic (exact) mass is 338 g/mol. The van der Waals surface area contributed by atoms with Crippen LogP contribution >= 0.6 is 0 Å². The van der Waals surface area contributed by atoms with Gasteiger partial charge in [0.1, 0.15) is 11.6 Å². The van der Waals surface area contributed by atoms with Gasteiger partial charge in [-0.25, -0.2) is 4.98 Å². The number of ether oxygens (including phenoxy) is 2. The van der Waals surface area contributed by atoms with Crippen molar-refractivity contribution in [3.05, 3.63) is 48.5 Å². The van der Waals surface area contributed by atoms with Crippen molar-refractivity contribution in [3.8, 4) is 17.1 Å². The molecule has 0 saturated carbocycles. The maximum atomic E-state index is 11.2. The summed E-state index contributed by atoms with van der Waals surface area (Å²) in [4.78, 5) is 19.1. The third kappa shape index (κ3) is 4.59. The smallest absolute Gasteiger partial charge is 0.305 e. The fourth-order valence-corrected chi connectivity index (χ4v) is 2.59. The molecule has 0 fully saturated rings. The Hall–Kier alpha value is -2.82. The second kappa shape index (κ2) is 8.33. The number of aromatic amines is 1. The molecule has 0 saturated heterocycles. The second-order valence-corrected chi connectivity index (χ2v) is 5.74. The fraction of sp³-hybridized carbons (Fsp3) is 0.300. The minimum absolute atomic E-state index is 0.141. The van der Waals surface area contributed by atoms with Gasteiger partial charge >= 0.3 is 5.97 Å². The quantitative estimate of drug-likeness (QED) is 0.490. The summed E-state index contributed by atoms with van der Waals surface area (Å²) in [5.74, 6) is 1.52. The Bertz CT molecular complexity index is 791. The Morgan fingerprint density at radius 1 is 1.08 bits per heavy atom. The van der Waals surface area contributed by atoms with Crippen LogP contribution in [0.5, 0.6) is 5.75 Å². The molecule has 0 amide bonds. The van der Waals surface area contributed by atoms with Crippen LogP contribution in [0.15, 0.2) is 48.5 Å². The van der Waals surface area contributed by atoms with Crippen LogP contribution < -0.4 is 4.74 Å². The predicted molar refractivity (Wildman–Crippen MR) is 97.5 cm³/mol. The molecule has 1 aromatic heterocycles. The predicted octanol–water partition coefficient (Wildman–Crippen LogP) is 4.34. The number of hydrogen-bond acceptors (Lipinski definition) is 4. The minimum Gasteiger partial charge on any atom is -0.494 e. The number of carbonyl (C=O) groups excluding carboxylic acids is 1. The van der Waals surface area contributed by atoms with Crippen LogP contribution in [-0.2, 0) is 9.53 Å². The average Bonchev–Trinajstić information content (AvgIpc) is 3.06. The number of aromatic nitrogens is 2. The molecule has 0 aliphatic rings. The minimum atomic E-state index is -0.141. The Balaban J connectivity index is 1.50. The molecule has 0 aliphatic carbocycles. The molecule has 25 heavy (non-hydrogen) atoms. The molecule has 1 heterocycles. The Morgan fingerprint density at radius 3 is 2.64 bits per heavy atom. The molecule has 0 aliphatic heterocycles. The van der Waals surface area contributed by atoms with Gasteiger partial charge in [0.2, 0.25) is 0 Å². The van der Waals surface area contributed by atoms with E-state index in [4.69, 9.17) is 9.47 Å². The number of esters is 1. The maximum Gasteiger partial charge on any atom is 0.305 e. The lowest BCUT2D eigenvalue weighted by Gasteiger charge is -2.06. The molecular formula is C20H22N2O3. The van der Waals surface area contributed by atoms with E-state index in [2.05, 4.69) is 9.97 Å². The average molecular weight is 338 g/mol. The van der Waals surface area contributed by atoms with Crippen LogP contribution in [0.4, 0.5) is 0 Å². The molecule has 1 N–H and O–H groups in total. The zero-order chi connectivity index (χ0) is 17.5. The lowest BCUT2D eigenvalue weighted by molar-refractivity contribution is -0.143. The highest BCUT2D eigenvalue weighted by atomic mass is 16.5. The molecule has 0 unspecified atom stereocenters. The van der Waals surface area contributed by atoms with E-state index < -0.39 is 0 Å². The summed E-state index contributed by atoms with van der Waals surface area (Å²) >= 11 is 0. The Labute approximate surface area is 147 Å². The molecule has 0 spiro atoms. The van der Waals surface area contributed by atoms with Gasteiger partial charge in [-0.1, -0.05) is 12.1 Å². The largest absolute Gasteiger partial charge is 0.494 e. The van der Waals surface area contributed by atoms with Gasteiger partial charge < -0.3 is 14.5 Å². The molecule has 0 radical (unpaired) electrons. The van der Waals surface area contributed by atoms with Crippen molar-refractivity contribution in [3.63, 3.8) is 0 Å². The van der Waals surface area contributed by atoms with E-state index in [1.54, 1.807) is 0 Å². The second-order valence-electron chi connectivity index (χ2n) is 5.74.